The first-order valence-electron chi connectivity index (χ1n) is 10.7. The van der Waals surface area contributed by atoms with Gasteiger partial charge in [0.25, 0.3) is 0 Å². The Labute approximate surface area is 208 Å². The molecule has 3 rings (SSSR count). The lowest BCUT2D eigenvalue weighted by Crippen LogP contribution is -2.38. The number of benzene rings is 2. The number of halogens is 2. The molecule has 0 radical (unpaired) electrons. The van der Waals surface area contributed by atoms with Crippen molar-refractivity contribution in [3.8, 4) is 0 Å². The van der Waals surface area contributed by atoms with E-state index in [2.05, 4.69) is 54.8 Å². The maximum Gasteiger partial charge on any atom is 0.192 e. The Bertz CT molecular complexity index is 811. The molecule has 1 fully saturated rings. The molecule has 170 valence electrons. The van der Waals surface area contributed by atoms with Gasteiger partial charge in [-0.05, 0) is 55.5 Å². The summed E-state index contributed by atoms with van der Waals surface area (Å²) in [6.45, 7) is 7.84. The average Bonchev–Trinajstić information content (AvgIpc) is 2.77. The molecule has 0 aromatic heterocycles. The molecule has 2 aromatic carbocycles. The summed E-state index contributed by atoms with van der Waals surface area (Å²) in [5.74, 6) is 0.789. The van der Waals surface area contributed by atoms with Crippen LogP contribution in [0.5, 0.6) is 0 Å². The van der Waals surface area contributed by atoms with Crippen molar-refractivity contribution in [3.05, 3.63) is 70.2 Å². The number of nitrogens with zero attached hydrogens (tertiary/aromatic N) is 1. The van der Waals surface area contributed by atoms with Crippen molar-refractivity contribution in [1.29, 1.82) is 0 Å². The van der Waals surface area contributed by atoms with Crippen LogP contribution < -0.4 is 10.6 Å². The minimum absolute atomic E-state index is 0. The van der Waals surface area contributed by atoms with E-state index in [9.17, 15) is 0 Å². The SMILES string of the molecule is CCNC(=NCc1ccc(COC2CCOCC2)cc1)NC(C)c1cccc(Cl)c1.I. The van der Waals surface area contributed by atoms with Crippen LogP contribution in [-0.2, 0) is 22.6 Å². The fourth-order valence-corrected chi connectivity index (χ4v) is 3.55. The van der Waals surface area contributed by atoms with Crippen molar-refractivity contribution < 1.29 is 9.47 Å². The zero-order chi connectivity index (χ0) is 21.2. The standard InChI is InChI=1S/C24H32ClN3O2.HI/c1-3-26-24(28-18(2)21-5-4-6-22(25)15-21)27-16-19-7-9-20(10-8-19)17-30-23-11-13-29-14-12-23;/h4-10,15,18,23H,3,11-14,16-17H2,1-2H3,(H2,26,27,28);1H. The summed E-state index contributed by atoms with van der Waals surface area (Å²) < 4.78 is 11.4. The van der Waals surface area contributed by atoms with Gasteiger partial charge in [-0.15, -0.1) is 24.0 Å². The quantitative estimate of drug-likeness (QED) is 0.257. The zero-order valence-electron chi connectivity index (χ0n) is 18.3. The van der Waals surface area contributed by atoms with Crippen molar-refractivity contribution >= 4 is 41.5 Å². The molecular formula is C24H33ClIN3O2. The Balaban J connectivity index is 0.00000341. The van der Waals surface area contributed by atoms with Gasteiger partial charge in [-0.2, -0.15) is 0 Å². The molecule has 1 aliphatic heterocycles. The Kier molecular flexibility index (Phi) is 11.6. The van der Waals surface area contributed by atoms with E-state index < -0.39 is 0 Å². The summed E-state index contributed by atoms with van der Waals surface area (Å²) >= 11 is 6.12. The Morgan fingerprint density at radius 3 is 2.55 bits per heavy atom. The van der Waals surface area contributed by atoms with E-state index in [0.717, 1.165) is 54.7 Å². The van der Waals surface area contributed by atoms with E-state index in [1.165, 1.54) is 5.56 Å². The zero-order valence-corrected chi connectivity index (χ0v) is 21.4. The third-order valence-corrected chi connectivity index (χ3v) is 5.38. The van der Waals surface area contributed by atoms with Gasteiger partial charge in [0.05, 0.1) is 25.3 Å². The summed E-state index contributed by atoms with van der Waals surface area (Å²) in [7, 11) is 0. The molecule has 1 aliphatic rings. The molecule has 0 bridgehead atoms. The van der Waals surface area contributed by atoms with Gasteiger partial charge in [0.2, 0.25) is 0 Å². The topological polar surface area (TPSA) is 54.9 Å². The van der Waals surface area contributed by atoms with E-state index in [0.29, 0.717) is 19.3 Å². The maximum absolute atomic E-state index is 6.12. The first-order chi connectivity index (χ1) is 14.6. The predicted molar refractivity (Wildman–Crippen MR) is 138 cm³/mol. The lowest BCUT2D eigenvalue weighted by atomic mass is 10.1. The van der Waals surface area contributed by atoms with Crippen molar-refractivity contribution in [2.45, 2.75) is 52.0 Å². The molecule has 0 aliphatic carbocycles. The molecule has 1 heterocycles. The highest BCUT2D eigenvalue weighted by Gasteiger charge is 2.14. The molecule has 1 unspecified atom stereocenters. The second-order valence-electron chi connectivity index (χ2n) is 7.56. The van der Waals surface area contributed by atoms with E-state index >= 15 is 0 Å². The lowest BCUT2D eigenvalue weighted by Gasteiger charge is -2.22. The smallest absolute Gasteiger partial charge is 0.192 e. The molecule has 1 atom stereocenters. The van der Waals surface area contributed by atoms with Crippen LogP contribution >= 0.6 is 35.6 Å². The van der Waals surface area contributed by atoms with Crippen LogP contribution in [0.2, 0.25) is 5.02 Å². The molecular weight excluding hydrogens is 525 g/mol. The predicted octanol–water partition coefficient (Wildman–Crippen LogP) is 5.47. The highest BCUT2D eigenvalue weighted by atomic mass is 127. The second-order valence-corrected chi connectivity index (χ2v) is 7.99. The first-order valence-corrected chi connectivity index (χ1v) is 11.1. The van der Waals surface area contributed by atoms with Gasteiger partial charge >= 0.3 is 0 Å². The monoisotopic (exact) mass is 557 g/mol. The van der Waals surface area contributed by atoms with Crippen LogP contribution in [0.3, 0.4) is 0 Å². The van der Waals surface area contributed by atoms with E-state index in [1.807, 2.05) is 18.2 Å². The van der Waals surface area contributed by atoms with Gasteiger partial charge in [-0.1, -0.05) is 48.0 Å². The lowest BCUT2D eigenvalue weighted by molar-refractivity contribution is -0.0390. The molecule has 0 spiro atoms. The van der Waals surface area contributed by atoms with Crippen LogP contribution in [0.25, 0.3) is 0 Å². The Morgan fingerprint density at radius 2 is 1.87 bits per heavy atom. The summed E-state index contributed by atoms with van der Waals surface area (Å²) in [4.78, 5) is 4.74. The van der Waals surface area contributed by atoms with Crippen LogP contribution in [0.4, 0.5) is 0 Å². The normalized spacial score (nSPS) is 15.8. The minimum atomic E-state index is 0. The third-order valence-electron chi connectivity index (χ3n) is 5.14. The van der Waals surface area contributed by atoms with Gasteiger partial charge in [0.15, 0.2) is 5.96 Å². The fraction of sp³-hybridized carbons (Fsp3) is 0.458. The van der Waals surface area contributed by atoms with E-state index in [-0.39, 0.29) is 30.0 Å². The largest absolute Gasteiger partial charge is 0.381 e. The number of hydrogen-bond donors (Lipinski definition) is 2. The first kappa shape index (κ1) is 25.9. The summed E-state index contributed by atoms with van der Waals surface area (Å²) in [5.41, 5.74) is 3.48. The van der Waals surface area contributed by atoms with Gasteiger partial charge in [0, 0.05) is 24.8 Å². The molecule has 7 heteroatoms. The minimum Gasteiger partial charge on any atom is -0.381 e. The Hall–Kier alpha value is -1.35. The van der Waals surface area contributed by atoms with Crippen molar-refractivity contribution in [1.82, 2.24) is 10.6 Å². The number of hydrogen-bond acceptors (Lipinski definition) is 3. The molecule has 0 saturated carbocycles. The van der Waals surface area contributed by atoms with Gasteiger partial charge < -0.3 is 20.1 Å². The van der Waals surface area contributed by atoms with Gasteiger partial charge in [-0.3, -0.25) is 0 Å². The number of rotatable bonds is 8. The second kappa shape index (κ2) is 13.9. The summed E-state index contributed by atoms with van der Waals surface area (Å²) in [6, 6.07) is 16.5. The fourth-order valence-electron chi connectivity index (χ4n) is 3.35. The van der Waals surface area contributed by atoms with E-state index in [1.54, 1.807) is 0 Å². The molecule has 2 aromatic rings. The maximum atomic E-state index is 6.12. The van der Waals surface area contributed by atoms with Crippen LogP contribution in [0.15, 0.2) is 53.5 Å². The molecule has 0 amide bonds. The molecule has 1 saturated heterocycles. The highest BCUT2D eigenvalue weighted by Crippen LogP contribution is 2.17. The van der Waals surface area contributed by atoms with Crippen molar-refractivity contribution in [2.75, 3.05) is 19.8 Å². The van der Waals surface area contributed by atoms with E-state index in [4.69, 9.17) is 26.1 Å². The number of nitrogens with one attached hydrogen (secondary N) is 2. The van der Waals surface area contributed by atoms with Crippen molar-refractivity contribution in [2.24, 2.45) is 4.99 Å². The summed E-state index contributed by atoms with van der Waals surface area (Å²) in [6.07, 6.45) is 2.29. The Morgan fingerprint density at radius 1 is 1.16 bits per heavy atom. The van der Waals surface area contributed by atoms with Gasteiger partial charge in [0.1, 0.15) is 0 Å². The molecule has 31 heavy (non-hydrogen) atoms. The van der Waals surface area contributed by atoms with Gasteiger partial charge in [-0.25, -0.2) is 4.99 Å². The number of ether oxygens (including phenoxy) is 2. The molecule has 2 N–H and O–H groups in total. The van der Waals surface area contributed by atoms with Crippen LogP contribution in [0, 0.1) is 0 Å². The summed E-state index contributed by atoms with van der Waals surface area (Å²) in [5, 5.41) is 7.50. The third kappa shape index (κ3) is 8.96. The number of guanidine groups is 1. The molecule has 5 nitrogen and oxygen atoms in total. The van der Waals surface area contributed by atoms with Crippen molar-refractivity contribution in [3.63, 3.8) is 0 Å². The average molecular weight is 558 g/mol. The van der Waals surface area contributed by atoms with Crippen LogP contribution in [-0.4, -0.2) is 31.8 Å². The number of aliphatic imine (C=N–C) groups is 1. The van der Waals surface area contributed by atoms with Crippen LogP contribution in [0.1, 0.15) is 49.4 Å². The highest BCUT2D eigenvalue weighted by molar-refractivity contribution is 14.0.